The average molecular weight is 363 g/mol. The van der Waals surface area contributed by atoms with Crippen LogP contribution in [0.25, 0.3) is 0 Å². The van der Waals surface area contributed by atoms with Gasteiger partial charge in [-0.25, -0.2) is 4.79 Å². The minimum atomic E-state index is -0.500. The molecule has 1 fully saturated rings. The molecular formula is C21H34N2O3. The Morgan fingerprint density at radius 3 is 2.50 bits per heavy atom. The van der Waals surface area contributed by atoms with Crippen LogP contribution >= 0.6 is 0 Å². The van der Waals surface area contributed by atoms with E-state index in [4.69, 9.17) is 9.47 Å². The van der Waals surface area contributed by atoms with Crippen LogP contribution in [0.2, 0.25) is 0 Å². The number of rotatable bonds is 7. The van der Waals surface area contributed by atoms with Gasteiger partial charge in [0.2, 0.25) is 0 Å². The molecule has 5 nitrogen and oxygen atoms in total. The molecule has 1 heterocycles. The summed E-state index contributed by atoms with van der Waals surface area (Å²) in [5.74, 6) is 0.790. The molecule has 0 spiro atoms. The van der Waals surface area contributed by atoms with Gasteiger partial charge >= 0.3 is 6.09 Å². The predicted molar refractivity (Wildman–Crippen MR) is 104 cm³/mol. The molecule has 1 aliphatic heterocycles. The second-order valence-corrected chi connectivity index (χ2v) is 8.33. The van der Waals surface area contributed by atoms with Crippen LogP contribution in [0.5, 0.6) is 0 Å². The van der Waals surface area contributed by atoms with Gasteiger partial charge in [0, 0.05) is 6.54 Å². The molecule has 1 aromatic rings. The molecule has 0 bridgehead atoms. The average Bonchev–Trinajstić information content (AvgIpc) is 2.56. The highest BCUT2D eigenvalue weighted by atomic mass is 16.6. The Bertz CT molecular complexity index is 534. The summed E-state index contributed by atoms with van der Waals surface area (Å²) in [5.41, 5.74) is 0.635. The molecule has 1 saturated heterocycles. The van der Waals surface area contributed by atoms with Crippen molar-refractivity contribution in [2.24, 2.45) is 5.92 Å². The molecule has 5 heteroatoms. The van der Waals surface area contributed by atoms with E-state index in [1.165, 1.54) is 12.8 Å². The third kappa shape index (κ3) is 8.19. The molecule has 2 rings (SSSR count). The second-order valence-electron chi connectivity index (χ2n) is 8.33. The van der Waals surface area contributed by atoms with Crippen LogP contribution in [0.15, 0.2) is 30.3 Å². The number of piperidine rings is 1. The monoisotopic (exact) mass is 362 g/mol. The molecule has 1 amide bonds. The Balaban J connectivity index is 1.86. The van der Waals surface area contributed by atoms with Gasteiger partial charge in [0.15, 0.2) is 0 Å². The van der Waals surface area contributed by atoms with Gasteiger partial charge in [-0.2, -0.15) is 0 Å². The lowest BCUT2D eigenvalue weighted by atomic mass is 9.99. The van der Waals surface area contributed by atoms with Crippen LogP contribution in [-0.4, -0.2) is 48.9 Å². The van der Waals surface area contributed by atoms with Crippen molar-refractivity contribution in [3.05, 3.63) is 35.9 Å². The Labute approximate surface area is 158 Å². The highest BCUT2D eigenvalue weighted by Crippen LogP contribution is 2.16. The number of hydrogen-bond acceptors (Lipinski definition) is 4. The predicted octanol–water partition coefficient (Wildman–Crippen LogP) is 3.83. The van der Waals surface area contributed by atoms with Crippen LogP contribution < -0.4 is 5.32 Å². The van der Waals surface area contributed by atoms with Gasteiger partial charge in [0.1, 0.15) is 5.60 Å². The maximum Gasteiger partial charge on any atom is 0.407 e. The van der Waals surface area contributed by atoms with E-state index in [2.05, 4.69) is 17.1 Å². The van der Waals surface area contributed by atoms with Crippen LogP contribution in [0.4, 0.5) is 4.79 Å². The Morgan fingerprint density at radius 1 is 1.23 bits per heavy atom. The zero-order chi connectivity index (χ0) is 19.0. The molecule has 0 aromatic heterocycles. The number of ether oxygens (including phenoxy) is 2. The summed E-state index contributed by atoms with van der Waals surface area (Å²) in [5, 5.41) is 2.99. The molecule has 1 aromatic carbocycles. The highest BCUT2D eigenvalue weighted by Gasteiger charge is 2.23. The van der Waals surface area contributed by atoms with Gasteiger partial charge in [-0.3, -0.25) is 0 Å². The topological polar surface area (TPSA) is 50.8 Å². The third-order valence-electron chi connectivity index (χ3n) is 4.51. The smallest absolute Gasteiger partial charge is 0.407 e. The zero-order valence-corrected chi connectivity index (χ0v) is 16.7. The molecular weight excluding hydrogens is 328 g/mol. The number of carbonyl (C=O) groups is 1. The lowest BCUT2D eigenvalue weighted by molar-refractivity contribution is 0.0376. The van der Waals surface area contributed by atoms with Crippen molar-refractivity contribution in [1.29, 1.82) is 0 Å². The fourth-order valence-corrected chi connectivity index (χ4v) is 3.06. The Kier molecular flexibility index (Phi) is 7.91. The summed E-state index contributed by atoms with van der Waals surface area (Å²) in [6, 6.07) is 10.0. The normalized spacial score (nSPS) is 17.7. The van der Waals surface area contributed by atoms with E-state index in [9.17, 15) is 4.79 Å². The molecule has 1 aliphatic rings. The number of alkyl carbamates (subject to hydrolysis) is 1. The van der Waals surface area contributed by atoms with Gasteiger partial charge in [-0.05, 0) is 58.2 Å². The van der Waals surface area contributed by atoms with Gasteiger partial charge in [0.05, 0.1) is 19.3 Å². The van der Waals surface area contributed by atoms with E-state index in [0.29, 0.717) is 13.2 Å². The summed E-state index contributed by atoms with van der Waals surface area (Å²) < 4.78 is 11.3. The summed E-state index contributed by atoms with van der Waals surface area (Å²) in [6.45, 7) is 11.9. The number of nitrogens with one attached hydrogen (secondary N) is 1. The third-order valence-corrected chi connectivity index (χ3v) is 4.51. The van der Waals surface area contributed by atoms with Crippen molar-refractivity contribution in [3.63, 3.8) is 0 Å². The minimum absolute atomic E-state index is 0.0815. The first-order chi connectivity index (χ1) is 12.3. The minimum Gasteiger partial charge on any atom is -0.444 e. The van der Waals surface area contributed by atoms with E-state index in [-0.39, 0.29) is 12.1 Å². The highest BCUT2D eigenvalue weighted by molar-refractivity contribution is 5.68. The molecule has 0 aliphatic carbocycles. The molecule has 1 atom stereocenters. The van der Waals surface area contributed by atoms with Crippen LogP contribution in [0, 0.1) is 5.92 Å². The van der Waals surface area contributed by atoms with Crippen LogP contribution in [-0.2, 0) is 16.1 Å². The zero-order valence-electron chi connectivity index (χ0n) is 16.7. The van der Waals surface area contributed by atoms with Gasteiger partial charge in [-0.15, -0.1) is 0 Å². The van der Waals surface area contributed by atoms with E-state index >= 15 is 0 Å². The summed E-state index contributed by atoms with van der Waals surface area (Å²) in [6.07, 6.45) is 2.05. The van der Waals surface area contributed by atoms with E-state index in [1.54, 1.807) is 0 Å². The van der Waals surface area contributed by atoms with Gasteiger partial charge < -0.3 is 19.7 Å². The summed E-state index contributed by atoms with van der Waals surface area (Å²) in [7, 11) is 0. The lowest BCUT2D eigenvalue weighted by Crippen LogP contribution is -2.49. The lowest BCUT2D eigenvalue weighted by Gasteiger charge is -2.33. The fourth-order valence-electron chi connectivity index (χ4n) is 3.06. The van der Waals surface area contributed by atoms with E-state index in [0.717, 1.165) is 31.1 Å². The number of amides is 1. The van der Waals surface area contributed by atoms with Gasteiger partial charge in [-0.1, -0.05) is 37.3 Å². The molecule has 1 N–H and O–H groups in total. The first kappa shape index (κ1) is 20.7. The molecule has 0 radical (unpaired) electrons. The largest absolute Gasteiger partial charge is 0.444 e. The van der Waals surface area contributed by atoms with Crippen molar-refractivity contribution in [2.45, 2.75) is 58.8 Å². The van der Waals surface area contributed by atoms with Crippen LogP contribution in [0.3, 0.4) is 0 Å². The first-order valence-corrected chi connectivity index (χ1v) is 9.65. The van der Waals surface area contributed by atoms with E-state index in [1.807, 2.05) is 51.1 Å². The quantitative estimate of drug-likeness (QED) is 0.801. The Morgan fingerprint density at radius 2 is 1.88 bits per heavy atom. The fraction of sp³-hybridized carbons (Fsp3) is 0.667. The van der Waals surface area contributed by atoms with Crippen LogP contribution in [0.1, 0.15) is 46.1 Å². The SMILES string of the molecule is CC1CCN(C[C@H](COCc2ccccc2)NC(=O)OC(C)(C)C)CC1. The Hall–Kier alpha value is -1.59. The van der Waals surface area contributed by atoms with Gasteiger partial charge in [0.25, 0.3) is 0 Å². The van der Waals surface area contributed by atoms with Crippen molar-refractivity contribution >= 4 is 6.09 Å². The number of hydrogen-bond donors (Lipinski definition) is 1. The van der Waals surface area contributed by atoms with Crippen molar-refractivity contribution in [3.8, 4) is 0 Å². The summed E-state index contributed by atoms with van der Waals surface area (Å²) in [4.78, 5) is 14.6. The van der Waals surface area contributed by atoms with Crippen molar-refractivity contribution < 1.29 is 14.3 Å². The standard InChI is InChI=1S/C21H34N2O3/c1-17-10-12-23(13-11-17)14-19(22-20(24)26-21(2,3)4)16-25-15-18-8-6-5-7-9-18/h5-9,17,19H,10-16H2,1-4H3,(H,22,24)/t19-/m1/s1. The van der Waals surface area contributed by atoms with Crippen molar-refractivity contribution in [2.75, 3.05) is 26.2 Å². The first-order valence-electron chi connectivity index (χ1n) is 9.65. The number of carbonyl (C=O) groups excluding carboxylic acids is 1. The number of likely N-dealkylation sites (tertiary alicyclic amines) is 1. The maximum absolute atomic E-state index is 12.2. The van der Waals surface area contributed by atoms with Crippen molar-refractivity contribution in [1.82, 2.24) is 10.2 Å². The molecule has 146 valence electrons. The molecule has 0 saturated carbocycles. The van der Waals surface area contributed by atoms with E-state index < -0.39 is 5.60 Å². The molecule has 26 heavy (non-hydrogen) atoms. The molecule has 0 unspecified atom stereocenters. The number of nitrogens with zero attached hydrogens (tertiary/aromatic N) is 1. The second kappa shape index (κ2) is 9.93. The maximum atomic E-state index is 12.2. The number of benzene rings is 1. The summed E-state index contributed by atoms with van der Waals surface area (Å²) >= 11 is 0.